The molecule has 1 aromatic carbocycles. The molecular weight excluding hydrogens is 318 g/mol. The van der Waals surface area contributed by atoms with Gasteiger partial charge in [-0.1, -0.05) is 30.3 Å². The highest BCUT2D eigenvalue weighted by Gasteiger charge is 2.21. The van der Waals surface area contributed by atoms with Gasteiger partial charge in [0.05, 0.1) is 5.92 Å². The highest BCUT2D eigenvalue weighted by Crippen LogP contribution is 2.22. The second-order valence-electron chi connectivity index (χ2n) is 5.33. The van der Waals surface area contributed by atoms with E-state index < -0.39 is 0 Å². The molecule has 6 heteroatoms. The fraction of sp³-hybridized carbons (Fsp3) is 0.375. The average Bonchev–Trinajstić information content (AvgIpc) is 2.96. The largest absolute Gasteiger partial charge is 0.316 e. The Labute approximate surface area is 140 Å². The van der Waals surface area contributed by atoms with Crippen molar-refractivity contribution in [2.24, 2.45) is 5.92 Å². The highest BCUT2D eigenvalue weighted by molar-refractivity contribution is 7.15. The Hall–Kier alpha value is -1.43. The molecule has 1 fully saturated rings. The molecule has 2 aromatic rings. The zero-order valence-electron chi connectivity index (χ0n) is 12.2. The van der Waals surface area contributed by atoms with Gasteiger partial charge in [0.25, 0.3) is 0 Å². The summed E-state index contributed by atoms with van der Waals surface area (Å²) in [5, 5.41) is 6.91. The number of aromatic nitrogens is 1. The molecule has 1 aliphatic rings. The summed E-state index contributed by atoms with van der Waals surface area (Å²) in [4.78, 5) is 17.6. The number of anilines is 1. The lowest BCUT2D eigenvalue weighted by Crippen LogP contribution is -2.37. The first-order valence-corrected chi connectivity index (χ1v) is 8.13. The number of hydrogen-bond acceptors (Lipinski definition) is 4. The van der Waals surface area contributed by atoms with Crippen LogP contribution in [0.15, 0.2) is 36.5 Å². The topological polar surface area (TPSA) is 54.0 Å². The lowest BCUT2D eigenvalue weighted by molar-refractivity contribution is -0.120. The van der Waals surface area contributed by atoms with Crippen LogP contribution in [-0.4, -0.2) is 24.0 Å². The standard InChI is InChI=1S/C16H19N3OS.ClH/c20-15(13-7-4-8-17-10-13)19-16-18-11-14(21-16)9-12-5-2-1-3-6-12;/h1-3,5-6,11,13,17H,4,7-10H2,(H,18,19,20);1H. The third-order valence-electron chi connectivity index (χ3n) is 3.67. The SMILES string of the molecule is Cl.O=C(Nc1ncc(Cc2ccccc2)s1)C1CCCNC1. The number of halogens is 1. The molecule has 1 unspecified atom stereocenters. The van der Waals surface area contributed by atoms with Gasteiger partial charge in [-0.3, -0.25) is 4.79 Å². The zero-order chi connectivity index (χ0) is 14.5. The van der Waals surface area contributed by atoms with Gasteiger partial charge >= 0.3 is 0 Å². The molecule has 22 heavy (non-hydrogen) atoms. The average molecular weight is 338 g/mol. The lowest BCUT2D eigenvalue weighted by Gasteiger charge is -2.21. The van der Waals surface area contributed by atoms with Gasteiger partial charge in [0, 0.05) is 24.0 Å². The van der Waals surface area contributed by atoms with E-state index in [1.165, 1.54) is 10.4 Å². The summed E-state index contributed by atoms with van der Waals surface area (Å²) in [5.74, 6) is 0.156. The second kappa shape index (κ2) is 8.27. The van der Waals surface area contributed by atoms with E-state index >= 15 is 0 Å². The molecule has 2 N–H and O–H groups in total. The van der Waals surface area contributed by atoms with Crippen LogP contribution in [0, 0.1) is 5.92 Å². The Morgan fingerprint density at radius 1 is 1.36 bits per heavy atom. The number of piperidine rings is 1. The molecule has 2 heterocycles. The molecule has 0 radical (unpaired) electrons. The van der Waals surface area contributed by atoms with Gasteiger partial charge < -0.3 is 10.6 Å². The van der Waals surface area contributed by atoms with Crippen LogP contribution in [0.4, 0.5) is 5.13 Å². The minimum absolute atomic E-state index is 0. The number of hydrogen-bond donors (Lipinski definition) is 2. The molecular formula is C16H20ClN3OS. The van der Waals surface area contributed by atoms with Crippen molar-refractivity contribution in [1.82, 2.24) is 10.3 Å². The van der Waals surface area contributed by atoms with Gasteiger partial charge in [-0.05, 0) is 24.9 Å². The number of thiazole rings is 1. The second-order valence-corrected chi connectivity index (χ2v) is 6.44. The first-order valence-electron chi connectivity index (χ1n) is 7.31. The number of benzene rings is 1. The van der Waals surface area contributed by atoms with Crippen LogP contribution in [0.25, 0.3) is 0 Å². The molecule has 118 valence electrons. The molecule has 4 nitrogen and oxygen atoms in total. The summed E-state index contributed by atoms with van der Waals surface area (Å²) in [6, 6.07) is 10.3. The predicted molar refractivity (Wildman–Crippen MR) is 92.8 cm³/mol. The molecule has 1 aromatic heterocycles. The Kier molecular flexibility index (Phi) is 6.36. The summed E-state index contributed by atoms with van der Waals surface area (Å²) in [6.45, 7) is 1.79. The van der Waals surface area contributed by atoms with E-state index in [0.29, 0.717) is 5.13 Å². The highest BCUT2D eigenvalue weighted by atomic mass is 35.5. The maximum absolute atomic E-state index is 12.2. The summed E-state index contributed by atoms with van der Waals surface area (Å²) in [6.07, 6.45) is 4.74. The van der Waals surface area contributed by atoms with Gasteiger partial charge in [-0.15, -0.1) is 23.7 Å². The molecule has 0 bridgehead atoms. The van der Waals surface area contributed by atoms with E-state index in [0.717, 1.165) is 32.4 Å². The van der Waals surface area contributed by atoms with Gasteiger partial charge in [0.1, 0.15) is 0 Å². The quantitative estimate of drug-likeness (QED) is 0.901. The van der Waals surface area contributed by atoms with Crippen LogP contribution in [-0.2, 0) is 11.2 Å². The van der Waals surface area contributed by atoms with Gasteiger partial charge in [0.15, 0.2) is 5.13 Å². The fourth-order valence-corrected chi connectivity index (χ4v) is 3.38. The normalized spacial score (nSPS) is 17.5. The summed E-state index contributed by atoms with van der Waals surface area (Å²) < 4.78 is 0. The van der Waals surface area contributed by atoms with Gasteiger partial charge in [0.2, 0.25) is 5.91 Å². The summed E-state index contributed by atoms with van der Waals surface area (Å²) in [5.41, 5.74) is 1.26. The number of amides is 1. The maximum Gasteiger partial charge on any atom is 0.230 e. The Bertz CT molecular complexity index is 596. The molecule has 0 aliphatic carbocycles. The van der Waals surface area contributed by atoms with Crippen molar-refractivity contribution in [2.75, 3.05) is 18.4 Å². The first kappa shape index (κ1) is 16.9. The van der Waals surface area contributed by atoms with Crippen LogP contribution in [0.2, 0.25) is 0 Å². The Balaban J connectivity index is 0.00000176. The third kappa shape index (κ3) is 4.53. The van der Waals surface area contributed by atoms with E-state index in [-0.39, 0.29) is 24.2 Å². The molecule has 1 amide bonds. The minimum Gasteiger partial charge on any atom is -0.316 e. The summed E-state index contributed by atoms with van der Waals surface area (Å²) in [7, 11) is 0. The minimum atomic E-state index is 0. The predicted octanol–water partition coefficient (Wildman–Crippen LogP) is 3.09. The third-order valence-corrected chi connectivity index (χ3v) is 4.59. The fourth-order valence-electron chi connectivity index (χ4n) is 2.53. The van der Waals surface area contributed by atoms with Crippen LogP contribution in [0.3, 0.4) is 0 Å². The lowest BCUT2D eigenvalue weighted by atomic mass is 9.99. The van der Waals surface area contributed by atoms with Gasteiger partial charge in [-0.25, -0.2) is 4.98 Å². The van der Waals surface area contributed by atoms with Crippen molar-refractivity contribution in [3.05, 3.63) is 47.0 Å². The van der Waals surface area contributed by atoms with Crippen molar-refractivity contribution < 1.29 is 4.79 Å². The number of rotatable bonds is 4. The van der Waals surface area contributed by atoms with E-state index in [9.17, 15) is 4.79 Å². The van der Waals surface area contributed by atoms with Crippen molar-refractivity contribution in [2.45, 2.75) is 19.3 Å². The van der Waals surface area contributed by atoms with E-state index in [1.807, 2.05) is 24.4 Å². The van der Waals surface area contributed by atoms with Crippen molar-refractivity contribution >= 4 is 34.8 Å². The molecule has 1 saturated heterocycles. The smallest absolute Gasteiger partial charge is 0.230 e. The van der Waals surface area contributed by atoms with Crippen molar-refractivity contribution in [3.63, 3.8) is 0 Å². The van der Waals surface area contributed by atoms with Crippen molar-refractivity contribution in [3.8, 4) is 0 Å². The van der Waals surface area contributed by atoms with E-state index in [1.54, 1.807) is 11.3 Å². The van der Waals surface area contributed by atoms with Crippen LogP contribution in [0.1, 0.15) is 23.3 Å². The summed E-state index contributed by atoms with van der Waals surface area (Å²) >= 11 is 1.56. The molecule has 1 atom stereocenters. The zero-order valence-corrected chi connectivity index (χ0v) is 13.9. The Morgan fingerprint density at radius 3 is 2.91 bits per heavy atom. The van der Waals surface area contributed by atoms with E-state index in [4.69, 9.17) is 0 Å². The van der Waals surface area contributed by atoms with Crippen LogP contribution in [0.5, 0.6) is 0 Å². The Morgan fingerprint density at radius 2 is 2.18 bits per heavy atom. The number of nitrogens with zero attached hydrogens (tertiary/aromatic N) is 1. The molecule has 3 rings (SSSR count). The van der Waals surface area contributed by atoms with Crippen molar-refractivity contribution in [1.29, 1.82) is 0 Å². The van der Waals surface area contributed by atoms with Gasteiger partial charge in [-0.2, -0.15) is 0 Å². The molecule has 0 spiro atoms. The van der Waals surface area contributed by atoms with E-state index in [2.05, 4.69) is 27.8 Å². The first-order chi connectivity index (χ1) is 10.3. The maximum atomic E-state index is 12.2. The number of carbonyl (C=O) groups is 1. The number of nitrogens with one attached hydrogen (secondary N) is 2. The molecule has 0 saturated carbocycles. The molecule has 1 aliphatic heterocycles. The monoisotopic (exact) mass is 337 g/mol. The van der Waals surface area contributed by atoms with Crippen LogP contribution >= 0.6 is 23.7 Å². The number of carbonyl (C=O) groups excluding carboxylic acids is 1. The van der Waals surface area contributed by atoms with Crippen LogP contribution < -0.4 is 10.6 Å².